The van der Waals surface area contributed by atoms with Crippen LogP contribution >= 0.6 is 0 Å². The molecule has 0 amide bonds. The van der Waals surface area contributed by atoms with Gasteiger partial charge in [0.05, 0.1) is 19.1 Å². The summed E-state index contributed by atoms with van der Waals surface area (Å²) in [6, 6.07) is 1.08. The lowest BCUT2D eigenvalue weighted by Gasteiger charge is -2.37. The minimum absolute atomic E-state index is 0.0830. The monoisotopic (exact) mass is 586 g/mol. The molecule has 1 saturated heterocycles. The van der Waals surface area contributed by atoms with Gasteiger partial charge in [-0.25, -0.2) is 22.0 Å². The molecule has 0 aromatic heterocycles. The van der Waals surface area contributed by atoms with Crippen LogP contribution in [0.4, 0.5) is 39.5 Å². The number of alkyl halides is 4. The number of benzene rings is 2. The minimum Gasteiger partial charge on any atom is -0.429 e. The highest BCUT2D eigenvalue weighted by Gasteiger charge is 2.46. The lowest BCUT2D eigenvalue weighted by Crippen LogP contribution is -2.43. The molecular formula is C27H27F9O4. The standard InChI is InChI=1S/C27H27F9O4/c1-2-3-14-4-6-16(7-5-14)26(33,34)40-18-12-37-25(38-13-18)15-8-19(28)23(20(29)9-15)27(35,36)39-17-10-21(30)24(32)22(31)11-17/h8-11,14,16,18,25H,2-7,12-13H2,1H3. The topological polar surface area (TPSA) is 36.9 Å². The third-order valence-corrected chi connectivity index (χ3v) is 7.04. The van der Waals surface area contributed by atoms with Gasteiger partial charge in [-0.3, -0.25) is 0 Å². The second-order valence-corrected chi connectivity index (χ2v) is 9.99. The molecule has 0 radical (unpaired) electrons. The first-order valence-electron chi connectivity index (χ1n) is 12.8. The maximum atomic E-state index is 14.7. The summed E-state index contributed by atoms with van der Waals surface area (Å²) in [6.45, 7) is 1.21. The van der Waals surface area contributed by atoms with E-state index in [1.165, 1.54) is 0 Å². The molecule has 4 rings (SSSR count). The minimum atomic E-state index is -4.77. The molecular weight excluding hydrogens is 559 g/mol. The normalized spacial score (nSPS) is 24.2. The summed E-state index contributed by atoms with van der Waals surface area (Å²) in [5.74, 6) is -11.1. The van der Waals surface area contributed by atoms with E-state index in [9.17, 15) is 39.5 Å². The fraction of sp³-hybridized carbons (Fsp3) is 0.556. The van der Waals surface area contributed by atoms with Gasteiger partial charge in [-0.1, -0.05) is 19.8 Å². The fourth-order valence-electron chi connectivity index (χ4n) is 5.06. The van der Waals surface area contributed by atoms with E-state index >= 15 is 0 Å². The lowest BCUT2D eigenvalue weighted by atomic mass is 9.79. The third kappa shape index (κ3) is 6.85. The zero-order valence-electron chi connectivity index (χ0n) is 21.3. The van der Waals surface area contributed by atoms with Gasteiger partial charge in [0.25, 0.3) is 0 Å². The molecule has 2 aromatic carbocycles. The van der Waals surface area contributed by atoms with Gasteiger partial charge >= 0.3 is 12.2 Å². The van der Waals surface area contributed by atoms with Crippen molar-refractivity contribution in [1.82, 2.24) is 0 Å². The summed E-state index contributed by atoms with van der Waals surface area (Å²) in [7, 11) is 0. The van der Waals surface area contributed by atoms with E-state index < -0.39 is 84.1 Å². The van der Waals surface area contributed by atoms with E-state index in [0.29, 0.717) is 43.7 Å². The average Bonchev–Trinajstić information content (AvgIpc) is 2.87. The Bertz CT molecular complexity index is 1130. The number of ether oxygens (including phenoxy) is 4. The Morgan fingerprint density at radius 3 is 1.88 bits per heavy atom. The first kappa shape index (κ1) is 30.4. The smallest absolute Gasteiger partial charge is 0.429 e. The molecule has 40 heavy (non-hydrogen) atoms. The molecule has 1 aliphatic heterocycles. The predicted octanol–water partition coefficient (Wildman–Crippen LogP) is 8.14. The first-order chi connectivity index (χ1) is 18.8. The van der Waals surface area contributed by atoms with E-state index in [-0.39, 0.29) is 17.7 Å². The lowest BCUT2D eigenvalue weighted by molar-refractivity contribution is -0.334. The Morgan fingerprint density at radius 1 is 0.800 bits per heavy atom. The second-order valence-electron chi connectivity index (χ2n) is 9.99. The van der Waals surface area contributed by atoms with Gasteiger partial charge in [0.15, 0.2) is 23.7 Å². The molecule has 0 unspecified atom stereocenters. The Morgan fingerprint density at radius 2 is 1.35 bits per heavy atom. The molecule has 2 fully saturated rings. The van der Waals surface area contributed by atoms with Crippen molar-refractivity contribution >= 4 is 0 Å². The van der Waals surface area contributed by atoms with Crippen LogP contribution in [0.3, 0.4) is 0 Å². The summed E-state index contributed by atoms with van der Waals surface area (Å²) < 4.78 is 147. The van der Waals surface area contributed by atoms with Crippen LogP contribution in [0.2, 0.25) is 0 Å². The first-order valence-corrected chi connectivity index (χ1v) is 12.8. The van der Waals surface area contributed by atoms with Crippen LogP contribution in [0, 0.1) is 40.9 Å². The van der Waals surface area contributed by atoms with Crippen LogP contribution in [0.15, 0.2) is 24.3 Å². The van der Waals surface area contributed by atoms with Gasteiger partial charge in [0.1, 0.15) is 29.1 Å². The molecule has 1 saturated carbocycles. The van der Waals surface area contributed by atoms with Crippen LogP contribution in [-0.4, -0.2) is 25.4 Å². The Kier molecular flexibility index (Phi) is 9.25. The second kappa shape index (κ2) is 12.2. The van der Waals surface area contributed by atoms with Crippen LogP contribution in [-0.2, 0) is 20.3 Å². The maximum absolute atomic E-state index is 14.7. The molecule has 0 N–H and O–H groups in total. The summed E-state index contributed by atoms with van der Waals surface area (Å²) in [5.41, 5.74) is -2.28. The van der Waals surface area contributed by atoms with Gasteiger partial charge in [-0.2, -0.15) is 17.6 Å². The van der Waals surface area contributed by atoms with E-state index in [4.69, 9.17) is 14.2 Å². The van der Waals surface area contributed by atoms with Gasteiger partial charge < -0.3 is 18.9 Å². The molecule has 222 valence electrons. The van der Waals surface area contributed by atoms with Gasteiger partial charge in [-0.15, -0.1) is 0 Å². The molecule has 2 aromatic rings. The largest absolute Gasteiger partial charge is 0.432 e. The maximum Gasteiger partial charge on any atom is 0.432 e. The summed E-state index contributed by atoms with van der Waals surface area (Å²) in [4.78, 5) is 0. The zero-order valence-corrected chi connectivity index (χ0v) is 21.3. The van der Waals surface area contributed by atoms with Crippen molar-refractivity contribution in [2.75, 3.05) is 13.2 Å². The molecule has 1 heterocycles. The Hall–Kier alpha value is -2.51. The third-order valence-electron chi connectivity index (χ3n) is 7.04. The molecule has 0 bridgehead atoms. The number of hydrogen-bond acceptors (Lipinski definition) is 4. The summed E-state index contributed by atoms with van der Waals surface area (Å²) in [5, 5.41) is 0. The molecule has 13 heteroatoms. The van der Waals surface area contributed by atoms with Crippen LogP contribution < -0.4 is 4.74 Å². The number of halogens is 9. The Labute approximate surface area is 224 Å². The van der Waals surface area contributed by atoms with Crippen molar-refractivity contribution < 1.29 is 58.5 Å². The van der Waals surface area contributed by atoms with Crippen molar-refractivity contribution in [3.8, 4) is 5.75 Å². The van der Waals surface area contributed by atoms with E-state index in [2.05, 4.69) is 4.74 Å². The molecule has 0 spiro atoms. The molecule has 0 atom stereocenters. The molecule has 4 nitrogen and oxygen atoms in total. The summed E-state index contributed by atoms with van der Waals surface area (Å²) in [6.07, 6.45) is -6.86. The van der Waals surface area contributed by atoms with Gasteiger partial charge in [0.2, 0.25) is 0 Å². The molecule has 1 aliphatic carbocycles. The van der Waals surface area contributed by atoms with Crippen LogP contribution in [0.1, 0.15) is 62.9 Å². The SMILES string of the molecule is CCCC1CCC(C(F)(F)OC2COC(c3cc(F)c(C(F)(F)Oc4cc(F)c(F)c(F)c4)c(F)c3)OC2)CC1. The summed E-state index contributed by atoms with van der Waals surface area (Å²) >= 11 is 0. The van der Waals surface area contributed by atoms with E-state index in [1.807, 2.05) is 6.92 Å². The fourth-order valence-corrected chi connectivity index (χ4v) is 5.06. The highest BCUT2D eigenvalue weighted by Crippen LogP contribution is 2.42. The van der Waals surface area contributed by atoms with Crippen molar-refractivity contribution in [3.63, 3.8) is 0 Å². The van der Waals surface area contributed by atoms with E-state index in [1.54, 1.807) is 0 Å². The van der Waals surface area contributed by atoms with Crippen LogP contribution in [0.5, 0.6) is 5.75 Å². The van der Waals surface area contributed by atoms with Crippen molar-refractivity contribution in [1.29, 1.82) is 0 Å². The average molecular weight is 586 g/mol. The van der Waals surface area contributed by atoms with Crippen molar-refractivity contribution in [3.05, 3.63) is 64.5 Å². The van der Waals surface area contributed by atoms with Crippen molar-refractivity contribution in [2.24, 2.45) is 11.8 Å². The predicted molar refractivity (Wildman–Crippen MR) is 122 cm³/mol. The highest BCUT2D eigenvalue weighted by atomic mass is 19.3. The highest BCUT2D eigenvalue weighted by molar-refractivity contribution is 5.32. The number of rotatable bonds is 9. The van der Waals surface area contributed by atoms with Crippen LogP contribution in [0.25, 0.3) is 0 Å². The zero-order chi connectivity index (χ0) is 29.2. The number of hydrogen-bond donors (Lipinski definition) is 0. The quantitative estimate of drug-likeness (QED) is 0.220. The van der Waals surface area contributed by atoms with Gasteiger partial charge in [-0.05, 0) is 43.7 Å². The van der Waals surface area contributed by atoms with E-state index in [0.717, 1.165) is 12.8 Å². The van der Waals surface area contributed by atoms with Crippen molar-refractivity contribution in [2.45, 2.75) is 70.1 Å². The Balaban J connectivity index is 1.37. The van der Waals surface area contributed by atoms with Gasteiger partial charge in [0, 0.05) is 17.7 Å². The molecule has 2 aliphatic rings.